The van der Waals surface area contributed by atoms with Gasteiger partial charge in [0, 0.05) is 13.1 Å². The third-order valence-electron chi connectivity index (χ3n) is 2.78. The normalized spacial score (nSPS) is 10.7. The number of nitrogens with zero attached hydrogens (tertiary/aromatic N) is 2. The molecular weight excluding hydrogens is 299 g/mol. The average Bonchev–Trinajstić information content (AvgIpc) is 2.55. The number of halogens is 2. The van der Waals surface area contributed by atoms with Gasteiger partial charge in [0.15, 0.2) is 0 Å². The molecule has 2 aromatic rings. The third-order valence-corrected chi connectivity index (χ3v) is 3.81. The second-order valence-electron chi connectivity index (χ2n) is 4.17. The molecule has 18 heavy (non-hydrogen) atoms. The molecule has 5 heteroatoms. The van der Waals surface area contributed by atoms with Crippen LogP contribution in [0.1, 0.15) is 17.0 Å². The van der Waals surface area contributed by atoms with Crippen molar-refractivity contribution in [1.82, 2.24) is 9.78 Å². The van der Waals surface area contributed by atoms with Crippen molar-refractivity contribution in [3.63, 3.8) is 0 Å². The zero-order valence-corrected chi connectivity index (χ0v) is 12.1. The maximum Gasteiger partial charge on any atom is 0.131 e. The molecule has 2 rings (SSSR count). The summed E-state index contributed by atoms with van der Waals surface area (Å²) in [4.78, 5) is 0. The van der Waals surface area contributed by atoms with E-state index in [1.54, 1.807) is 10.7 Å². The van der Waals surface area contributed by atoms with Crippen molar-refractivity contribution in [2.75, 3.05) is 0 Å². The van der Waals surface area contributed by atoms with Crippen LogP contribution < -0.4 is 4.74 Å². The van der Waals surface area contributed by atoms with Crippen LogP contribution in [0.4, 0.5) is 4.39 Å². The van der Waals surface area contributed by atoms with Gasteiger partial charge >= 0.3 is 0 Å². The summed E-state index contributed by atoms with van der Waals surface area (Å²) in [5.41, 5.74) is 2.75. The van der Waals surface area contributed by atoms with Crippen molar-refractivity contribution in [1.29, 1.82) is 0 Å². The first-order chi connectivity index (χ1) is 8.49. The highest BCUT2D eigenvalue weighted by molar-refractivity contribution is 9.10. The van der Waals surface area contributed by atoms with Crippen LogP contribution >= 0.6 is 15.9 Å². The molecule has 96 valence electrons. The number of hydrogen-bond donors (Lipinski definition) is 0. The van der Waals surface area contributed by atoms with Crippen molar-refractivity contribution >= 4 is 15.9 Å². The van der Waals surface area contributed by atoms with Crippen molar-refractivity contribution in [3.8, 4) is 5.75 Å². The number of benzene rings is 1. The van der Waals surface area contributed by atoms with Gasteiger partial charge in [-0.25, -0.2) is 4.39 Å². The number of rotatable bonds is 3. The molecule has 0 aliphatic heterocycles. The van der Waals surface area contributed by atoms with E-state index in [9.17, 15) is 4.39 Å². The summed E-state index contributed by atoms with van der Waals surface area (Å²) in [6, 6.07) is 4.52. The highest BCUT2D eigenvalue weighted by Gasteiger charge is 2.11. The van der Waals surface area contributed by atoms with Crippen molar-refractivity contribution in [2.24, 2.45) is 7.05 Å². The lowest BCUT2D eigenvalue weighted by molar-refractivity contribution is 0.290. The quantitative estimate of drug-likeness (QED) is 0.867. The van der Waals surface area contributed by atoms with Gasteiger partial charge in [-0.3, -0.25) is 4.68 Å². The van der Waals surface area contributed by atoms with Crippen LogP contribution in [0.15, 0.2) is 22.7 Å². The van der Waals surface area contributed by atoms with E-state index < -0.39 is 0 Å². The van der Waals surface area contributed by atoms with Gasteiger partial charge in [0.05, 0.1) is 15.9 Å². The average molecular weight is 313 g/mol. The van der Waals surface area contributed by atoms with Crippen molar-refractivity contribution in [3.05, 3.63) is 45.4 Å². The Balaban J connectivity index is 2.19. The third kappa shape index (κ3) is 2.56. The fraction of sp³-hybridized carbons (Fsp3) is 0.308. The lowest BCUT2D eigenvalue weighted by atomic mass is 10.2. The van der Waals surface area contributed by atoms with E-state index in [1.807, 2.05) is 20.9 Å². The molecule has 0 atom stereocenters. The number of aromatic nitrogens is 2. The molecule has 0 saturated heterocycles. The Hall–Kier alpha value is -1.36. The highest BCUT2D eigenvalue weighted by Crippen LogP contribution is 2.24. The summed E-state index contributed by atoms with van der Waals surface area (Å²) in [6.45, 7) is 4.15. The largest absolute Gasteiger partial charge is 0.487 e. The fourth-order valence-corrected chi connectivity index (χ4v) is 2.16. The van der Waals surface area contributed by atoms with Gasteiger partial charge in [-0.1, -0.05) is 6.07 Å². The summed E-state index contributed by atoms with van der Waals surface area (Å²) in [5, 5.41) is 4.28. The van der Waals surface area contributed by atoms with Crippen LogP contribution in [-0.4, -0.2) is 9.78 Å². The Bertz CT molecular complexity index is 581. The molecule has 0 aliphatic rings. The Morgan fingerprint density at radius 2 is 2.11 bits per heavy atom. The van der Waals surface area contributed by atoms with E-state index in [2.05, 4.69) is 21.0 Å². The summed E-state index contributed by atoms with van der Waals surface area (Å²) >= 11 is 3.47. The first-order valence-corrected chi connectivity index (χ1v) is 6.35. The molecule has 0 unspecified atom stereocenters. The van der Waals surface area contributed by atoms with Gasteiger partial charge in [0.1, 0.15) is 18.2 Å². The lowest BCUT2D eigenvalue weighted by Crippen LogP contribution is -2.04. The fourth-order valence-electron chi connectivity index (χ4n) is 1.71. The standard InChI is InChI=1S/C13H14BrFN2O/c1-8-4-5-10(15)6-12(8)18-7-11-13(14)9(2)16-17(11)3/h4-6H,7H2,1-3H3. The molecule has 0 spiro atoms. The van der Waals surface area contributed by atoms with Crippen LogP contribution in [0.3, 0.4) is 0 Å². The zero-order valence-electron chi connectivity index (χ0n) is 10.5. The molecular formula is C13H14BrFN2O. The summed E-state index contributed by atoms with van der Waals surface area (Å²) in [7, 11) is 1.86. The maximum absolute atomic E-state index is 13.1. The van der Waals surface area contributed by atoms with Gasteiger partial charge in [0.25, 0.3) is 0 Å². The molecule has 3 nitrogen and oxygen atoms in total. The number of hydrogen-bond acceptors (Lipinski definition) is 2. The molecule has 1 heterocycles. The van der Waals surface area contributed by atoms with Crippen LogP contribution in [0, 0.1) is 19.7 Å². The van der Waals surface area contributed by atoms with Crippen molar-refractivity contribution < 1.29 is 9.13 Å². The summed E-state index contributed by atoms with van der Waals surface area (Å²) in [6.07, 6.45) is 0. The van der Waals surface area contributed by atoms with E-state index in [-0.39, 0.29) is 5.82 Å². The van der Waals surface area contributed by atoms with Gasteiger partial charge in [-0.05, 0) is 41.4 Å². The predicted octanol–water partition coefficient (Wildman–Crippen LogP) is 3.52. The van der Waals surface area contributed by atoms with E-state index in [1.165, 1.54) is 12.1 Å². The molecule has 0 radical (unpaired) electrons. The Labute approximate surface area is 114 Å². The van der Waals surface area contributed by atoms with E-state index in [0.29, 0.717) is 12.4 Å². The first-order valence-electron chi connectivity index (χ1n) is 5.56. The molecule has 1 aromatic heterocycles. The molecule has 1 aromatic carbocycles. The molecule has 0 fully saturated rings. The van der Waals surface area contributed by atoms with E-state index in [0.717, 1.165) is 21.4 Å². The zero-order chi connectivity index (χ0) is 13.3. The number of ether oxygens (including phenoxy) is 1. The predicted molar refractivity (Wildman–Crippen MR) is 71.1 cm³/mol. The lowest BCUT2D eigenvalue weighted by Gasteiger charge is -2.09. The Morgan fingerprint density at radius 1 is 1.39 bits per heavy atom. The number of aryl methyl sites for hydroxylation is 3. The molecule has 0 N–H and O–H groups in total. The van der Waals surface area contributed by atoms with Crippen molar-refractivity contribution in [2.45, 2.75) is 20.5 Å². The second kappa shape index (κ2) is 5.10. The topological polar surface area (TPSA) is 27.1 Å². The molecule has 0 aliphatic carbocycles. The van der Waals surface area contributed by atoms with Gasteiger partial charge in [0.2, 0.25) is 0 Å². The first kappa shape index (κ1) is 13.1. The van der Waals surface area contributed by atoms with Gasteiger partial charge in [-0.2, -0.15) is 5.10 Å². The Morgan fingerprint density at radius 3 is 2.72 bits per heavy atom. The Kier molecular flexibility index (Phi) is 3.71. The minimum atomic E-state index is -0.296. The second-order valence-corrected chi connectivity index (χ2v) is 4.96. The van der Waals surface area contributed by atoms with Crippen LogP contribution in [0.5, 0.6) is 5.75 Å². The van der Waals surface area contributed by atoms with E-state index >= 15 is 0 Å². The van der Waals surface area contributed by atoms with Gasteiger partial charge < -0.3 is 4.74 Å². The smallest absolute Gasteiger partial charge is 0.131 e. The van der Waals surface area contributed by atoms with E-state index in [4.69, 9.17) is 4.74 Å². The minimum Gasteiger partial charge on any atom is -0.487 e. The SMILES string of the molecule is Cc1ccc(F)cc1OCc1c(Br)c(C)nn1C. The van der Waals surface area contributed by atoms with Crippen LogP contribution in [0.2, 0.25) is 0 Å². The van der Waals surface area contributed by atoms with Gasteiger partial charge in [-0.15, -0.1) is 0 Å². The molecule has 0 saturated carbocycles. The monoisotopic (exact) mass is 312 g/mol. The van der Waals surface area contributed by atoms with Crippen LogP contribution in [0.25, 0.3) is 0 Å². The minimum absolute atomic E-state index is 0.296. The summed E-state index contributed by atoms with van der Waals surface area (Å²) < 4.78 is 21.5. The molecule has 0 amide bonds. The van der Waals surface area contributed by atoms with Crippen LogP contribution in [-0.2, 0) is 13.7 Å². The molecule has 0 bridgehead atoms. The maximum atomic E-state index is 13.1. The highest BCUT2D eigenvalue weighted by atomic mass is 79.9. The summed E-state index contributed by atoms with van der Waals surface area (Å²) in [5.74, 6) is 0.261.